The molecule has 1 aliphatic heterocycles. The van der Waals surface area contributed by atoms with Gasteiger partial charge < -0.3 is 9.15 Å². The van der Waals surface area contributed by atoms with Crippen LogP contribution in [0.15, 0.2) is 46.6 Å². The standard InChI is InChI=1S/C16H9ClN2O6/c17-10-7-8(6-9-13(20)18-16(23)19-14(9)21)3-4-11(10)25-15(22)12-2-1-5-24-12/h1-7H,(H2,18,19,20,21,23). The Bertz CT molecular complexity index is 895. The van der Waals surface area contributed by atoms with Crippen LogP contribution in [0.5, 0.6) is 5.75 Å². The van der Waals surface area contributed by atoms with Gasteiger partial charge in [0.15, 0.2) is 0 Å². The monoisotopic (exact) mass is 360 g/mol. The van der Waals surface area contributed by atoms with E-state index in [0.29, 0.717) is 5.56 Å². The maximum atomic E-state index is 11.8. The summed E-state index contributed by atoms with van der Waals surface area (Å²) in [5, 5.41) is 4.00. The predicted molar refractivity (Wildman–Crippen MR) is 84.8 cm³/mol. The zero-order valence-electron chi connectivity index (χ0n) is 12.4. The first kappa shape index (κ1) is 16.5. The van der Waals surface area contributed by atoms with Gasteiger partial charge in [-0.3, -0.25) is 20.2 Å². The van der Waals surface area contributed by atoms with Crippen LogP contribution in [-0.4, -0.2) is 23.8 Å². The van der Waals surface area contributed by atoms with Gasteiger partial charge in [-0.25, -0.2) is 9.59 Å². The Hall–Kier alpha value is -3.39. The fourth-order valence-electron chi connectivity index (χ4n) is 2.01. The fraction of sp³-hybridized carbons (Fsp3) is 0. The van der Waals surface area contributed by atoms with Gasteiger partial charge in [0.25, 0.3) is 11.8 Å². The van der Waals surface area contributed by atoms with E-state index in [1.165, 1.54) is 36.6 Å². The molecule has 0 atom stereocenters. The number of amides is 4. The number of furan rings is 1. The Balaban J connectivity index is 1.81. The molecule has 1 aromatic carbocycles. The van der Waals surface area contributed by atoms with Crippen molar-refractivity contribution in [2.24, 2.45) is 0 Å². The highest BCUT2D eigenvalue weighted by molar-refractivity contribution is 6.33. The van der Waals surface area contributed by atoms with E-state index in [1.54, 1.807) is 6.07 Å². The molecule has 8 nitrogen and oxygen atoms in total. The lowest BCUT2D eigenvalue weighted by Gasteiger charge is -2.14. The first-order valence-electron chi connectivity index (χ1n) is 6.87. The van der Waals surface area contributed by atoms with Crippen molar-refractivity contribution < 1.29 is 28.3 Å². The molecule has 2 heterocycles. The third-order valence-electron chi connectivity index (χ3n) is 3.14. The number of benzene rings is 1. The Kier molecular flexibility index (Phi) is 4.36. The zero-order valence-corrected chi connectivity index (χ0v) is 13.1. The number of carbonyl (C=O) groups excluding carboxylic acids is 4. The summed E-state index contributed by atoms with van der Waals surface area (Å²) in [5.41, 5.74) is 0.147. The number of halogens is 1. The molecule has 9 heteroatoms. The number of hydrogen-bond donors (Lipinski definition) is 2. The molecule has 2 aromatic rings. The fourth-order valence-corrected chi connectivity index (χ4v) is 2.24. The van der Waals surface area contributed by atoms with Crippen LogP contribution in [0, 0.1) is 0 Å². The van der Waals surface area contributed by atoms with Crippen molar-refractivity contribution in [1.82, 2.24) is 10.6 Å². The minimum Gasteiger partial charge on any atom is -0.457 e. The number of urea groups is 1. The molecule has 0 unspecified atom stereocenters. The third-order valence-corrected chi connectivity index (χ3v) is 3.43. The van der Waals surface area contributed by atoms with Crippen LogP contribution < -0.4 is 15.4 Å². The second-order valence-corrected chi connectivity index (χ2v) is 5.26. The van der Waals surface area contributed by atoms with Gasteiger partial charge in [-0.2, -0.15) is 0 Å². The van der Waals surface area contributed by atoms with E-state index in [9.17, 15) is 19.2 Å². The van der Waals surface area contributed by atoms with E-state index in [0.717, 1.165) is 0 Å². The maximum absolute atomic E-state index is 11.8. The summed E-state index contributed by atoms with van der Waals surface area (Å²) in [7, 11) is 0. The van der Waals surface area contributed by atoms with Gasteiger partial charge in [0, 0.05) is 0 Å². The van der Waals surface area contributed by atoms with Crippen LogP contribution in [-0.2, 0) is 9.59 Å². The van der Waals surface area contributed by atoms with Gasteiger partial charge in [-0.05, 0) is 35.9 Å². The summed E-state index contributed by atoms with van der Waals surface area (Å²) in [6.45, 7) is 0. The number of hydrogen-bond acceptors (Lipinski definition) is 6. The highest BCUT2D eigenvalue weighted by atomic mass is 35.5. The number of carbonyl (C=O) groups is 4. The van der Waals surface area contributed by atoms with Crippen molar-refractivity contribution in [2.75, 3.05) is 0 Å². The van der Waals surface area contributed by atoms with Crippen LogP contribution in [0.1, 0.15) is 16.1 Å². The molecule has 0 spiro atoms. The molecule has 1 saturated heterocycles. The summed E-state index contributed by atoms with van der Waals surface area (Å²) in [6, 6.07) is 6.39. The van der Waals surface area contributed by atoms with Gasteiger partial charge in [-0.15, -0.1) is 0 Å². The molecule has 1 fully saturated rings. The first-order chi connectivity index (χ1) is 11.9. The SMILES string of the molecule is O=C1NC(=O)C(=Cc2ccc(OC(=O)c3ccco3)c(Cl)c2)C(=O)N1. The molecule has 0 bridgehead atoms. The van der Waals surface area contributed by atoms with E-state index >= 15 is 0 Å². The minimum absolute atomic E-state index is 0.0162. The summed E-state index contributed by atoms with van der Waals surface area (Å²) < 4.78 is 10.0. The van der Waals surface area contributed by atoms with Gasteiger partial charge >= 0.3 is 12.0 Å². The Morgan fingerprint density at radius 1 is 1.12 bits per heavy atom. The molecular weight excluding hydrogens is 352 g/mol. The van der Waals surface area contributed by atoms with Crippen molar-refractivity contribution in [3.05, 3.63) is 58.5 Å². The Morgan fingerprint density at radius 3 is 2.44 bits per heavy atom. The maximum Gasteiger partial charge on any atom is 0.379 e. The summed E-state index contributed by atoms with van der Waals surface area (Å²) >= 11 is 6.06. The zero-order chi connectivity index (χ0) is 18.0. The highest BCUT2D eigenvalue weighted by Gasteiger charge is 2.27. The van der Waals surface area contributed by atoms with Crippen LogP contribution in [0.3, 0.4) is 0 Å². The van der Waals surface area contributed by atoms with E-state index in [1.807, 2.05) is 10.6 Å². The molecule has 4 amide bonds. The van der Waals surface area contributed by atoms with Crippen LogP contribution in [0.25, 0.3) is 6.08 Å². The smallest absolute Gasteiger partial charge is 0.379 e. The number of rotatable bonds is 3. The summed E-state index contributed by atoms with van der Waals surface area (Å²) in [4.78, 5) is 46.2. The first-order valence-corrected chi connectivity index (χ1v) is 7.25. The quantitative estimate of drug-likeness (QED) is 0.374. The molecule has 3 rings (SSSR count). The number of ether oxygens (including phenoxy) is 1. The van der Waals surface area contributed by atoms with Gasteiger partial charge in [0.2, 0.25) is 5.76 Å². The van der Waals surface area contributed by atoms with Crippen molar-refractivity contribution in [1.29, 1.82) is 0 Å². The molecule has 1 aliphatic rings. The van der Waals surface area contributed by atoms with E-state index in [-0.39, 0.29) is 22.1 Å². The number of nitrogens with one attached hydrogen (secondary N) is 2. The molecule has 25 heavy (non-hydrogen) atoms. The van der Waals surface area contributed by atoms with Crippen LogP contribution >= 0.6 is 11.6 Å². The number of barbiturate groups is 1. The van der Waals surface area contributed by atoms with E-state index in [2.05, 4.69) is 0 Å². The molecule has 0 saturated carbocycles. The lowest BCUT2D eigenvalue weighted by atomic mass is 10.1. The van der Waals surface area contributed by atoms with Crippen molar-refractivity contribution in [2.45, 2.75) is 0 Å². The molecule has 1 aromatic heterocycles. The largest absolute Gasteiger partial charge is 0.457 e. The molecule has 0 aliphatic carbocycles. The average Bonchev–Trinajstić information content (AvgIpc) is 3.08. The molecular formula is C16H9ClN2O6. The second kappa shape index (κ2) is 6.62. The van der Waals surface area contributed by atoms with Crippen molar-refractivity contribution in [3.8, 4) is 5.75 Å². The Labute approximate surface area is 145 Å². The molecule has 126 valence electrons. The van der Waals surface area contributed by atoms with Crippen LogP contribution in [0.2, 0.25) is 5.02 Å². The second-order valence-electron chi connectivity index (χ2n) is 4.85. The predicted octanol–water partition coefficient (Wildman–Crippen LogP) is 1.90. The van der Waals surface area contributed by atoms with E-state index < -0.39 is 23.8 Å². The topological polar surface area (TPSA) is 115 Å². The van der Waals surface area contributed by atoms with Gasteiger partial charge in [-0.1, -0.05) is 17.7 Å². The Morgan fingerprint density at radius 2 is 1.84 bits per heavy atom. The summed E-state index contributed by atoms with van der Waals surface area (Å²) in [6.07, 6.45) is 2.58. The highest BCUT2D eigenvalue weighted by Crippen LogP contribution is 2.27. The molecule has 0 radical (unpaired) electrons. The van der Waals surface area contributed by atoms with Crippen LogP contribution in [0.4, 0.5) is 4.79 Å². The average molecular weight is 361 g/mol. The van der Waals surface area contributed by atoms with Gasteiger partial charge in [0.1, 0.15) is 11.3 Å². The van der Waals surface area contributed by atoms with Gasteiger partial charge in [0.05, 0.1) is 11.3 Å². The molecule has 2 N–H and O–H groups in total. The number of esters is 1. The van der Waals surface area contributed by atoms with Crippen molar-refractivity contribution >= 4 is 41.5 Å². The minimum atomic E-state index is -0.884. The van der Waals surface area contributed by atoms with Crippen molar-refractivity contribution in [3.63, 3.8) is 0 Å². The lowest BCUT2D eigenvalue weighted by Crippen LogP contribution is -2.51. The lowest BCUT2D eigenvalue weighted by molar-refractivity contribution is -0.123. The number of imide groups is 2. The van der Waals surface area contributed by atoms with E-state index in [4.69, 9.17) is 20.8 Å². The summed E-state index contributed by atoms with van der Waals surface area (Å²) in [5.74, 6) is -2.26. The normalized spacial score (nSPS) is 14.0. The third kappa shape index (κ3) is 3.59.